The molecule has 0 saturated heterocycles. The highest BCUT2D eigenvalue weighted by Gasteiger charge is 2.19. The average molecular weight is 343 g/mol. The fourth-order valence-electron chi connectivity index (χ4n) is 2.41. The van der Waals surface area contributed by atoms with Gasteiger partial charge in [-0.05, 0) is 47.5 Å². The molecule has 0 spiro atoms. The number of likely N-dealkylation sites (N-methyl/N-ethyl adjacent to an activating group) is 1. The number of benzene rings is 1. The van der Waals surface area contributed by atoms with Crippen molar-refractivity contribution in [2.24, 2.45) is 0 Å². The zero-order valence-electron chi connectivity index (χ0n) is 13.4. The number of carbonyl (C=O) groups excluding carboxylic acids is 1. The number of hydrogen-bond donors (Lipinski definition) is 0. The summed E-state index contributed by atoms with van der Waals surface area (Å²) in [5, 5.41) is 4.80. The van der Waals surface area contributed by atoms with E-state index in [1.165, 1.54) is 6.07 Å². The maximum atomic E-state index is 12.4. The third-order valence-electron chi connectivity index (χ3n) is 3.63. The van der Waals surface area contributed by atoms with Crippen molar-refractivity contribution >= 4 is 28.2 Å². The molecule has 0 aliphatic rings. The molecule has 1 amide bonds. The van der Waals surface area contributed by atoms with Gasteiger partial charge in [0.2, 0.25) is 0 Å². The van der Waals surface area contributed by atoms with Crippen LogP contribution in [0.3, 0.4) is 0 Å². The maximum absolute atomic E-state index is 12.4. The molecule has 1 unspecified atom stereocenters. The first kappa shape index (κ1) is 16.3. The largest absolute Gasteiger partial charge is 0.481 e. The molecule has 1 aromatic carbocycles. The number of carbonyl (C=O) groups is 1. The van der Waals surface area contributed by atoms with Crippen molar-refractivity contribution in [1.82, 2.24) is 4.90 Å². The highest BCUT2D eigenvalue weighted by molar-refractivity contribution is 7.07. The molecular formula is C18H17NO4S. The summed E-state index contributed by atoms with van der Waals surface area (Å²) in [5.74, 6) is 0.373. The van der Waals surface area contributed by atoms with Crippen LogP contribution in [0.1, 0.15) is 12.5 Å². The summed E-state index contributed by atoms with van der Waals surface area (Å²) in [7, 11) is 1.75. The van der Waals surface area contributed by atoms with Gasteiger partial charge in [0.15, 0.2) is 6.10 Å². The Labute approximate surface area is 143 Å². The van der Waals surface area contributed by atoms with Gasteiger partial charge in [0, 0.05) is 31.1 Å². The molecule has 3 aromatic rings. The predicted molar refractivity (Wildman–Crippen MR) is 93.4 cm³/mol. The molecule has 3 rings (SSSR count). The Bertz CT molecular complexity index is 901. The first-order chi connectivity index (χ1) is 11.5. The van der Waals surface area contributed by atoms with Crippen molar-refractivity contribution in [2.75, 3.05) is 7.05 Å². The summed E-state index contributed by atoms with van der Waals surface area (Å²) < 4.78 is 10.8. The van der Waals surface area contributed by atoms with E-state index in [0.29, 0.717) is 17.9 Å². The normalized spacial score (nSPS) is 12.1. The highest BCUT2D eigenvalue weighted by Crippen LogP contribution is 2.21. The van der Waals surface area contributed by atoms with E-state index in [1.807, 2.05) is 16.8 Å². The molecule has 0 N–H and O–H groups in total. The van der Waals surface area contributed by atoms with E-state index in [2.05, 4.69) is 0 Å². The van der Waals surface area contributed by atoms with Gasteiger partial charge in [-0.25, -0.2) is 4.79 Å². The Morgan fingerprint density at radius 2 is 2.08 bits per heavy atom. The van der Waals surface area contributed by atoms with Crippen molar-refractivity contribution in [3.05, 3.63) is 63.1 Å². The Morgan fingerprint density at radius 1 is 1.29 bits per heavy atom. The van der Waals surface area contributed by atoms with Gasteiger partial charge in [-0.15, -0.1) is 0 Å². The van der Waals surface area contributed by atoms with E-state index < -0.39 is 11.7 Å². The Balaban J connectivity index is 1.70. The molecule has 0 fully saturated rings. The first-order valence-electron chi connectivity index (χ1n) is 7.49. The topological polar surface area (TPSA) is 59.8 Å². The van der Waals surface area contributed by atoms with Crippen molar-refractivity contribution in [1.29, 1.82) is 0 Å². The summed E-state index contributed by atoms with van der Waals surface area (Å²) in [6.45, 7) is 2.25. The molecule has 6 heteroatoms. The van der Waals surface area contributed by atoms with Crippen LogP contribution in [0.4, 0.5) is 0 Å². The zero-order valence-corrected chi connectivity index (χ0v) is 14.2. The Kier molecular flexibility index (Phi) is 4.66. The molecule has 0 radical (unpaired) electrons. The number of amides is 1. The SMILES string of the molecule is CC(Oc1ccc2ccc(=O)oc2c1)C(=O)N(C)Cc1ccsc1. The molecule has 0 aliphatic heterocycles. The number of thiophene rings is 1. The van der Waals surface area contributed by atoms with E-state index in [4.69, 9.17) is 9.15 Å². The molecular weight excluding hydrogens is 326 g/mol. The number of nitrogens with zero attached hydrogens (tertiary/aromatic N) is 1. The van der Waals surface area contributed by atoms with Crippen LogP contribution < -0.4 is 10.4 Å². The summed E-state index contributed by atoms with van der Waals surface area (Å²) in [4.78, 5) is 25.4. The van der Waals surface area contributed by atoms with Crippen LogP contribution in [0.25, 0.3) is 11.0 Å². The number of hydrogen-bond acceptors (Lipinski definition) is 5. The minimum Gasteiger partial charge on any atom is -0.481 e. The minimum atomic E-state index is -0.637. The Hall–Kier alpha value is -2.60. The van der Waals surface area contributed by atoms with Crippen LogP contribution in [0.5, 0.6) is 5.75 Å². The second-order valence-corrected chi connectivity index (χ2v) is 6.32. The third kappa shape index (κ3) is 3.65. The lowest BCUT2D eigenvalue weighted by Crippen LogP contribution is -2.37. The molecule has 124 valence electrons. The first-order valence-corrected chi connectivity index (χ1v) is 8.44. The van der Waals surface area contributed by atoms with Crippen LogP contribution >= 0.6 is 11.3 Å². The van der Waals surface area contributed by atoms with Gasteiger partial charge < -0.3 is 14.1 Å². The van der Waals surface area contributed by atoms with Gasteiger partial charge >= 0.3 is 5.63 Å². The van der Waals surface area contributed by atoms with Crippen LogP contribution in [0.15, 0.2) is 56.4 Å². The summed E-state index contributed by atoms with van der Waals surface area (Å²) in [5.41, 5.74) is 1.11. The third-order valence-corrected chi connectivity index (χ3v) is 4.36. The molecule has 24 heavy (non-hydrogen) atoms. The second kappa shape index (κ2) is 6.88. The van der Waals surface area contributed by atoms with Crippen LogP contribution in [-0.2, 0) is 11.3 Å². The van der Waals surface area contributed by atoms with Gasteiger partial charge in [0.25, 0.3) is 5.91 Å². The summed E-state index contributed by atoms with van der Waals surface area (Å²) >= 11 is 1.60. The van der Waals surface area contributed by atoms with Gasteiger partial charge in [-0.1, -0.05) is 0 Å². The molecule has 5 nitrogen and oxygen atoms in total. The van der Waals surface area contributed by atoms with Crippen molar-refractivity contribution in [3.63, 3.8) is 0 Å². The van der Waals surface area contributed by atoms with E-state index >= 15 is 0 Å². The molecule has 2 heterocycles. The molecule has 1 atom stereocenters. The smallest absolute Gasteiger partial charge is 0.336 e. The van der Waals surface area contributed by atoms with Crippen LogP contribution in [0, 0.1) is 0 Å². The minimum absolute atomic E-state index is 0.115. The summed E-state index contributed by atoms with van der Waals surface area (Å²) in [6, 6.07) is 10.2. The Morgan fingerprint density at radius 3 is 2.83 bits per heavy atom. The van der Waals surface area contributed by atoms with E-state index in [0.717, 1.165) is 10.9 Å². The number of fused-ring (bicyclic) bond motifs is 1. The van der Waals surface area contributed by atoms with Gasteiger partial charge in [0.1, 0.15) is 11.3 Å². The van der Waals surface area contributed by atoms with Crippen molar-refractivity contribution in [2.45, 2.75) is 19.6 Å². The average Bonchev–Trinajstić information content (AvgIpc) is 3.06. The fourth-order valence-corrected chi connectivity index (χ4v) is 3.07. The quantitative estimate of drug-likeness (QED) is 0.667. The van der Waals surface area contributed by atoms with Gasteiger partial charge in [0.05, 0.1) is 0 Å². The van der Waals surface area contributed by atoms with Crippen LogP contribution in [0.2, 0.25) is 0 Å². The monoisotopic (exact) mass is 343 g/mol. The zero-order chi connectivity index (χ0) is 17.1. The second-order valence-electron chi connectivity index (χ2n) is 5.54. The van der Waals surface area contributed by atoms with Gasteiger partial charge in [-0.3, -0.25) is 4.79 Å². The summed E-state index contributed by atoms with van der Waals surface area (Å²) in [6.07, 6.45) is -0.637. The van der Waals surface area contributed by atoms with Crippen LogP contribution in [-0.4, -0.2) is 24.0 Å². The van der Waals surface area contributed by atoms with E-state index in [1.54, 1.807) is 54.5 Å². The molecule has 0 saturated carbocycles. The van der Waals surface area contributed by atoms with Crippen molar-refractivity contribution in [3.8, 4) is 5.75 Å². The molecule has 0 bridgehead atoms. The predicted octanol–water partition coefficient (Wildman–Crippen LogP) is 3.28. The van der Waals surface area contributed by atoms with E-state index in [9.17, 15) is 9.59 Å². The van der Waals surface area contributed by atoms with E-state index in [-0.39, 0.29) is 5.91 Å². The lowest BCUT2D eigenvalue weighted by Gasteiger charge is -2.21. The molecule has 2 aromatic heterocycles. The lowest BCUT2D eigenvalue weighted by atomic mass is 10.2. The fraction of sp³-hybridized carbons (Fsp3) is 0.222. The standard InChI is InChI=1S/C18H17NO4S/c1-12(18(21)19(2)10-13-7-8-24-11-13)22-15-5-3-14-4-6-17(20)23-16(14)9-15/h3-9,11-12H,10H2,1-2H3. The maximum Gasteiger partial charge on any atom is 0.336 e. The van der Waals surface area contributed by atoms with Crippen molar-refractivity contribution < 1.29 is 13.9 Å². The van der Waals surface area contributed by atoms with Gasteiger partial charge in [-0.2, -0.15) is 11.3 Å². The lowest BCUT2D eigenvalue weighted by molar-refractivity contribution is -0.137. The molecule has 0 aliphatic carbocycles. The highest BCUT2D eigenvalue weighted by atomic mass is 32.1. The number of ether oxygens (including phenoxy) is 1. The number of rotatable bonds is 5.